The normalized spacial score (nSPS) is 32.3. The number of ether oxygens (including phenoxy) is 26. The minimum absolute atomic E-state index is 0.772. The van der Waals surface area contributed by atoms with Crippen molar-refractivity contribution >= 4 is 101 Å². The van der Waals surface area contributed by atoms with Gasteiger partial charge in [-0.15, -0.1) is 0 Å². The monoisotopic (exact) mass is 1540 g/mol. The van der Waals surface area contributed by atoms with E-state index in [1.165, 1.54) is 0 Å². The third kappa shape index (κ3) is 26.8. The highest BCUT2D eigenvalue weighted by atomic mass is 16.8. The molecule has 5 aliphatic heterocycles. The van der Waals surface area contributed by atoms with Gasteiger partial charge in [0, 0.05) is 118 Å². The first-order valence-electron chi connectivity index (χ1n) is 32.7. The quantitative estimate of drug-likeness (QED) is 0.0543. The average molecular weight is 1540 g/mol. The number of esters is 17. The van der Waals surface area contributed by atoms with E-state index < -0.39 is 288 Å². The van der Waals surface area contributed by atoms with Gasteiger partial charge in [-0.3, -0.25) is 81.5 Å². The van der Waals surface area contributed by atoms with Crippen molar-refractivity contribution in [2.24, 2.45) is 0 Å². The molecule has 43 nitrogen and oxygen atoms in total. The van der Waals surface area contributed by atoms with Gasteiger partial charge in [-0.25, -0.2) is 0 Å². The maximum absolute atomic E-state index is 13.8. The molecule has 43 heteroatoms. The van der Waals surface area contributed by atoms with Gasteiger partial charge < -0.3 is 123 Å². The minimum atomic E-state index is -2.48. The summed E-state index contributed by atoms with van der Waals surface area (Å²) in [6, 6.07) is 0. The Morgan fingerprint density at radius 1 is 0.168 bits per heavy atom. The van der Waals surface area contributed by atoms with Gasteiger partial charge in [0.2, 0.25) is 6.29 Å². The van der Waals surface area contributed by atoms with E-state index in [4.69, 9.17) is 123 Å². The summed E-state index contributed by atoms with van der Waals surface area (Å²) in [4.78, 5) is 222. The van der Waals surface area contributed by atoms with E-state index in [-0.39, 0.29) is 0 Å². The molecule has 5 rings (SSSR count). The van der Waals surface area contributed by atoms with E-state index in [9.17, 15) is 81.5 Å². The summed E-state index contributed by atoms with van der Waals surface area (Å²) >= 11 is 0. The molecule has 0 aromatic heterocycles. The summed E-state index contributed by atoms with van der Waals surface area (Å²) in [6.45, 7) is 10.6. The first kappa shape index (κ1) is 88.3. The number of hydrogen-bond donors (Lipinski definition) is 0. The molecule has 0 N–H and O–H groups in total. The van der Waals surface area contributed by atoms with Crippen molar-refractivity contribution in [1.29, 1.82) is 0 Å². The maximum atomic E-state index is 13.8. The first-order valence-corrected chi connectivity index (χ1v) is 32.7. The van der Waals surface area contributed by atoms with Gasteiger partial charge in [0.25, 0.3) is 0 Å². The van der Waals surface area contributed by atoms with Gasteiger partial charge in [-0.05, 0) is 0 Å². The Balaban J connectivity index is 1.86. The molecule has 0 saturated carbocycles. The van der Waals surface area contributed by atoms with Gasteiger partial charge in [0.05, 0.1) is 0 Å². The maximum Gasteiger partial charge on any atom is 0.305 e. The van der Waals surface area contributed by atoms with E-state index in [0.29, 0.717) is 0 Å². The Hall–Kier alpha value is -9.37. The lowest BCUT2D eigenvalue weighted by atomic mass is 9.94. The van der Waals surface area contributed by atoms with Crippen molar-refractivity contribution in [3.05, 3.63) is 0 Å². The Kier molecular flexibility index (Phi) is 33.4. The number of rotatable bonds is 30. The fraction of sp³-hybridized carbons (Fsp3) is 0.734. The lowest BCUT2D eigenvalue weighted by Crippen LogP contribution is -2.70. The molecule has 5 aliphatic rings. The summed E-state index contributed by atoms with van der Waals surface area (Å²) < 4.78 is 153. The second-order valence-electron chi connectivity index (χ2n) is 24.1. The summed E-state index contributed by atoms with van der Waals surface area (Å²) in [6.07, 6.45) is -53.2. The highest BCUT2D eigenvalue weighted by molar-refractivity contribution is 5.72. The first-order chi connectivity index (χ1) is 50.0. The van der Waals surface area contributed by atoms with Crippen LogP contribution in [0.3, 0.4) is 0 Å². The molecule has 0 aromatic carbocycles. The summed E-state index contributed by atoms with van der Waals surface area (Å²) in [5, 5.41) is 0. The topological polar surface area (TPSA) is 530 Å². The van der Waals surface area contributed by atoms with Gasteiger partial charge >= 0.3 is 101 Å². The zero-order valence-corrected chi connectivity index (χ0v) is 61.0. The fourth-order valence-corrected chi connectivity index (χ4v) is 11.6. The Labute approximate surface area is 608 Å². The molecule has 0 radical (unpaired) electrons. The van der Waals surface area contributed by atoms with Crippen molar-refractivity contribution in [1.82, 2.24) is 0 Å². The molecule has 0 amide bonds. The van der Waals surface area contributed by atoms with Crippen molar-refractivity contribution in [3.8, 4) is 0 Å². The molecule has 5 saturated heterocycles. The standard InChI is InChI=1S/C64H86O43/c1-23(65)82-18-40-46(88-29(7)71)51(93-34(12)76)59(60(99-40)98-39(17)81)107-64-58(97-38(16)80)54(49(91-32(10)74)44(103-64)22-86-27(5)69)106-63-57(96-37(15)79)53(48(90-31(9)73)43(102-63)21-85-26(4)68)105-62-56(95-36(14)78)52(47(89-30(8)72)42(101-62)20-84-25(3)67)104-61-55(94-35(13)77)50(92-33(11)75)45(87-28(6)70)41(100-61)19-83-24(2)66/h40-64H,18-22H2,1-17H3/t40-,41-,42-,43-,44-,45-,46-,47-,48-,49-,50+,51+,52+,53+,54+,55+,56+,57+,58+,59+,60?,61-,62-,63-,64-/m1/s1. The van der Waals surface area contributed by atoms with E-state index in [0.717, 1.165) is 118 Å². The van der Waals surface area contributed by atoms with Gasteiger partial charge in [-0.1, -0.05) is 0 Å². The van der Waals surface area contributed by atoms with Crippen LogP contribution in [0.15, 0.2) is 0 Å². The molecular weight excluding hydrogens is 1460 g/mol. The summed E-state index contributed by atoms with van der Waals surface area (Å²) in [5.41, 5.74) is 0. The third-order valence-electron chi connectivity index (χ3n) is 15.0. The predicted octanol–water partition coefficient (Wildman–Crippen LogP) is -2.22. The average Bonchev–Trinajstić information content (AvgIpc) is 0.759. The second kappa shape index (κ2) is 40.5. The highest BCUT2D eigenvalue weighted by Gasteiger charge is 2.63. The molecule has 1 unspecified atom stereocenters. The van der Waals surface area contributed by atoms with E-state index >= 15 is 0 Å². The van der Waals surface area contributed by atoms with E-state index in [2.05, 4.69) is 0 Å². The second-order valence-corrected chi connectivity index (χ2v) is 24.1. The highest BCUT2D eigenvalue weighted by Crippen LogP contribution is 2.42. The van der Waals surface area contributed by atoms with Crippen LogP contribution in [-0.2, 0) is 205 Å². The molecule has 0 bridgehead atoms. The molecule has 5 fully saturated rings. The zero-order valence-electron chi connectivity index (χ0n) is 61.0. The Bertz CT molecular complexity index is 3240. The molecule has 107 heavy (non-hydrogen) atoms. The molecule has 0 aliphatic carbocycles. The molecule has 0 aromatic rings. The fourth-order valence-electron chi connectivity index (χ4n) is 11.6. The molecular formula is C64H86O43. The lowest BCUT2D eigenvalue weighted by Gasteiger charge is -2.51. The molecule has 25 atom stereocenters. The largest absolute Gasteiger partial charge is 0.463 e. The van der Waals surface area contributed by atoms with Crippen LogP contribution in [0, 0.1) is 0 Å². The van der Waals surface area contributed by atoms with Crippen molar-refractivity contribution in [2.75, 3.05) is 33.0 Å². The van der Waals surface area contributed by atoms with E-state index in [1.54, 1.807) is 0 Å². The molecule has 5 heterocycles. The van der Waals surface area contributed by atoms with Crippen molar-refractivity contribution < 1.29 is 205 Å². The van der Waals surface area contributed by atoms with Crippen LogP contribution in [-0.4, -0.2) is 288 Å². The van der Waals surface area contributed by atoms with Crippen LogP contribution in [0.2, 0.25) is 0 Å². The zero-order chi connectivity index (χ0) is 80.2. The summed E-state index contributed by atoms with van der Waals surface area (Å²) in [5.74, 6) is -19.0. The number of carbonyl (C=O) groups is 17. The van der Waals surface area contributed by atoms with Gasteiger partial charge in [0.15, 0.2) is 98.4 Å². The van der Waals surface area contributed by atoms with Crippen LogP contribution in [0.25, 0.3) is 0 Å². The SMILES string of the molecule is CC(=O)OC[C@H]1O[C@H](O[C@@H]2[C@H](OC(C)=O)[C@@H](O[C@@H]3[C@H](OC(C)=O)[C@@H](O[C@@H]4[C@H](OC(C)=O)[C@@H](O[C@@H]5C(OC(C)=O)O[C@H](COC(C)=O)[C@@H](OC(C)=O)[C@@H]5OC(C)=O)O[C@H](COC(C)=O)[C@H]4OC(C)=O)O[C@H](COC(C)=O)[C@H]3OC(C)=O)O[C@H](COC(C)=O)[C@H]2OC(C)=O)[C@@H](OC(C)=O)[C@@H](OC(C)=O)[C@@H]1OC(C)=O. The smallest absolute Gasteiger partial charge is 0.305 e. The van der Waals surface area contributed by atoms with Crippen LogP contribution in [0.5, 0.6) is 0 Å². The lowest BCUT2D eigenvalue weighted by molar-refractivity contribution is -0.396. The van der Waals surface area contributed by atoms with Crippen molar-refractivity contribution in [2.45, 2.75) is 271 Å². The third-order valence-corrected chi connectivity index (χ3v) is 15.0. The minimum Gasteiger partial charge on any atom is -0.463 e. The van der Waals surface area contributed by atoms with Crippen LogP contribution >= 0.6 is 0 Å². The van der Waals surface area contributed by atoms with Gasteiger partial charge in [0.1, 0.15) is 81.9 Å². The molecule has 600 valence electrons. The van der Waals surface area contributed by atoms with Crippen molar-refractivity contribution in [3.63, 3.8) is 0 Å². The number of carbonyl (C=O) groups excluding carboxylic acids is 17. The predicted molar refractivity (Wildman–Crippen MR) is 329 cm³/mol. The Morgan fingerprint density at radius 3 is 0.514 bits per heavy atom. The molecule has 0 spiro atoms. The number of hydrogen-bond acceptors (Lipinski definition) is 43. The van der Waals surface area contributed by atoms with Gasteiger partial charge in [-0.2, -0.15) is 0 Å². The van der Waals surface area contributed by atoms with Crippen LogP contribution in [0.1, 0.15) is 118 Å². The Morgan fingerprint density at radius 2 is 0.318 bits per heavy atom. The summed E-state index contributed by atoms with van der Waals surface area (Å²) in [7, 11) is 0. The van der Waals surface area contributed by atoms with Crippen LogP contribution in [0.4, 0.5) is 0 Å². The van der Waals surface area contributed by atoms with E-state index in [1.807, 2.05) is 0 Å². The van der Waals surface area contributed by atoms with Crippen LogP contribution < -0.4 is 0 Å².